The molecule has 0 bridgehead atoms. The molecule has 1 atom stereocenters. The van der Waals surface area contributed by atoms with Crippen LogP contribution in [0.5, 0.6) is 0 Å². The highest BCUT2D eigenvalue weighted by Crippen LogP contribution is 2.47. The van der Waals surface area contributed by atoms with E-state index in [1.54, 1.807) is 0 Å². The molecule has 1 heterocycles. The van der Waals surface area contributed by atoms with Crippen LogP contribution >= 0.6 is 23.2 Å². The summed E-state index contributed by atoms with van der Waals surface area (Å²) in [6.07, 6.45) is -9.18. The molecule has 2 aromatic carbocycles. The van der Waals surface area contributed by atoms with Gasteiger partial charge in [0.25, 0.3) is 0 Å². The van der Waals surface area contributed by atoms with E-state index >= 15 is 0 Å². The van der Waals surface area contributed by atoms with Gasteiger partial charge >= 0.3 is 18.3 Å². The van der Waals surface area contributed by atoms with Gasteiger partial charge in [-0.2, -0.15) is 26.3 Å². The summed E-state index contributed by atoms with van der Waals surface area (Å²) in [5.41, 5.74) is -5.75. The lowest BCUT2D eigenvalue weighted by Crippen LogP contribution is -2.43. The SMILES string of the molecule is CC(=O)OC(C)(c1cn(-c2c(Cl)cc(C(F)(F)F)cc2Cl)c2cccc(F)c12)C(F)(F)F. The molecule has 172 valence electrons. The Kier molecular flexibility index (Phi) is 5.93. The van der Waals surface area contributed by atoms with Crippen LogP contribution in [0.25, 0.3) is 16.6 Å². The second-order valence-corrected chi connectivity index (χ2v) is 7.77. The van der Waals surface area contributed by atoms with Crippen LogP contribution in [0, 0.1) is 5.82 Å². The predicted molar refractivity (Wildman–Crippen MR) is 103 cm³/mol. The van der Waals surface area contributed by atoms with Gasteiger partial charge in [-0.1, -0.05) is 29.3 Å². The first-order valence-corrected chi connectivity index (χ1v) is 9.46. The van der Waals surface area contributed by atoms with E-state index in [1.165, 1.54) is 12.1 Å². The maximum Gasteiger partial charge on any atom is 0.432 e. The normalized spacial score (nSPS) is 14.5. The topological polar surface area (TPSA) is 31.2 Å². The molecule has 0 amide bonds. The summed E-state index contributed by atoms with van der Waals surface area (Å²) in [7, 11) is 0. The maximum atomic E-state index is 14.7. The molecule has 0 saturated carbocycles. The zero-order chi connectivity index (χ0) is 24.2. The molecule has 0 aliphatic heterocycles. The number of esters is 1. The minimum Gasteiger partial charge on any atom is -0.445 e. The summed E-state index contributed by atoms with van der Waals surface area (Å²) in [5.74, 6) is -2.37. The third-order valence-corrected chi connectivity index (χ3v) is 5.34. The molecule has 12 heteroatoms. The number of carbonyl (C=O) groups is 1. The van der Waals surface area contributed by atoms with Crippen molar-refractivity contribution in [3.05, 3.63) is 63.5 Å². The number of alkyl halides is 6. The Morgan fingerprint density at radius 1 is 1.03 bits per heavy atom. The van der Waals surface area contributed by atoms with Gasteiger partial charge in [0.05, 0.1) is 26.8 Å². The molecule has 0 fully saturated rings. The Morgan fingerprint density at radius 3 is 2.06 bits per heavy atom. The van der Waals surface area contributed by atoms with Gasteiger partial charge in [0.2, 0.25) is 5.60 Å². The van der Waals surface area contributed by atoms with Crippen molar-refractivity contribution in [1.29, 1.82) is 0 Å². The Labute approximate surface area is 186 Å². The maximum absolute atomic E-state index is 14.7. The van der Waals surface area contributed by atoms with Crippen molar-refractivity contribution in [3.63, 3.8) is 0 Å². The molecule has 3 rings (SSSR count). The first-order valence-electron chi connectivity index (χ1n) is 8.71. The Balaban J connectivity index is 2.41. The molecule has 0 spiro atoms. The average Bonchev–Trinajstić information content (AvgIpc) is 3.00. The lowest BCUT2D eigenvalue weighted by Gasteiger charge is -2.31. The van der Waals surface area contributed by atoms with Gasteiger partial charge < -0.3 is 9.30 Å². The summed E-state index contributed by atoms with van der Waals surface area (Å²) in [4.78, 5) is 11.4. The molecule has 1 unspecified atom stereocenters. The minimum atomic E-state index is -5.17. The van der Waals surface area contributed by atoms with E-state index in [4.69, 9.17) is 23.2 Å². The Morgan fingerprint density at radius 2 is 1.59 bits per heavy atom. The van der Waals surface area contributed by atoms with Crippen molar-refractivity contribution in [1.82, 2.24) is 4.57 Å². The van der Waals surface area contributed by atoms with Crippen LogP contribution in [0.15, 0.2) is 36.5 Å². The van der Waals surface area contributed by atoms with Gasteiger partial charge in [-0.05, 0) is 31.2 Å². The molecule has 0 saturated heterocycles. The summed E-state index contributed by atoms with van der Waals surface area (Å²) in [5, 5.41) is -1.65. The van der Waals surface area contributed by atoms with E-state index < -0.39 is 56.3 Å². The highest BCUT2D eigenvalue weighted by molar-refractivity contribution is 6.38. The van der Waals surface area contributed by atoms with Gasteiger partial charge in [0, 0.05) is 24.1 Å². The molecule has 3 nitrogen and oxygen atoms in total. The van der Waals surface area contributed by atoms with Crippen LogP contribution in [0.3, 0.4) is 0 Å². The van der Waals surface area contributed by atoms with Gasteiger partial charge in [-0.3, -0.25) is 4.79 Å². The van der Waals surface area contributed by atoms with Crippen molar-refractivity contribution >= 4 is 40.1 Å². The largest absolute Gasteiger partial charge is 0.445 e. The molecule has 32 heavy (non-hydrogen) atoms. The Hall–Kier alpha value is -2.46. The van der Waals surface area contributed by atoms with Crippen molar-refractivity contribution < 1.29 is 40.3 Å². The molecular formula is C20H12Cl2F7NO2. The molecule has 3 aromatic rings. The number of aromatic nitrogens is 1. The number of fused-ring (bicyclic) bond motifs is 1. The smallest absolute Gasteiger partial charge is 0.432 e. The number of halogens is 9. The zero-order valence-electron chi connectivity index (χ0n) is 16.1. The van der Waals surface area contributed by atoms with E-state index in [0.29, 0.717) is 19.1 Å². The van der Waals surface area contributed by atoms with Crippen LogP contribution < -0.4 is 0 Å². The number of ether oxygens (including phenoxy) is 1. The zero-order valence-corrected chi connectivity index (χ0v) is 17.6. The fourth-order valence-electron chi connectivity index (χ4n) is 3.30. The van der Waals surface area contributed by atoms with Crippen molar-refractivity contribution in [3.8, 4) is 5.69 Å². The number of carbonyl (C=O) groups excluding carboxylic acids is 1. The van der Waals surface area contributed by atoms with Gasteiger partial charge in [0.15, 0.2) is 0 Å². The quantitative estimate of drug-likeness (QED) is 0.276. The van der Waals surface area contributed by atoms with Crippen LogP contribution in [0.4, 0.5) is 30.7 Å². The number of benzene rings is 2. The van der Waals surface area contributed by atoms with Crippen molar-refractivity contribution in [2.45, 2.75) is 31.8 Å². The first kappa shape index (κ1) is 24.2. The molecule has 0 N–H and O–H groups in total. The fourth-order valence-corrected chi connectivity index (χ4v) is 3.97. The second-order valence-electron chi connectivity index (χ2n) is 6.96. The number of hydrogen-bond donors (Lipinski definition) is 0. The number of hydrogen-bond acceptors (Lipinski definition) is 2. The molecule has 0 aliphatic carbocycles. The summed E-state index contributed by atoms with van der Waals surface area (Å²) in [6.45, 7) is 1.29. The lowest BCUT2D eigenvalue weighted by molar-refractivity contribution is -0.268. The van der Waals surface area contributed by atoms with E-state index in [9.17, 15) is 35.5 Å². The van der Waals surface area contributed by atoms with E-state index in [1.807, 2.05) is 0 Å². The second kappa shape index (κ2) is 7.84. The molecule has 0 radical (unpaired) electrons. The Bertz CT molecular complexity index is 1190. The highest BCUT2D eigenvalue weighted by Gasteiger charge is 2.57. The van der Waals surface area contributed by atoms with Crippen LogP contribution in [0.1, 0.15) is 25.0 Å². The fraction of sp³-hybridized carbons (Fsp3) is 0.250. The van der Waals surface area contributed by atoms with E-state index in [-0.39, 0.29) is 11.2 Å². The average molecular weight is 502 g/mol. The summed E-state index contributed by atoms with van der Waals surface area (Å²) >= 11 is 12.0. The summed E-state index contributed by atoms with van der Waals surface area (Å²) in [6, 6.07) is 4.37. The van der Waals surface area contributed by atoms with Crippen LogP contribution in [-0.2, 0) is 21.3 Å². The third kappa shape index (κ3) is 4.01. The van der Waals surface area contributed by atoms with Crippen molar-refractivity contribution in [2.75, 3.05) is 0 Å². The lowest BCUT2D eigenvalue weighted by atomic mass is 9.94. The molecular weight excluding hydrogens is 490 g/mol. The standard InChI is InChI=1S/C20H12Cl2F7NO2/c1-9(31)32-18(2,20(27,28)29)11-8-30(15-5-3-4-14(23)16(11)15)17-12(21)6-10(7-13(17)22)19(24,25)26/h3-8H,1-2H3. The van der Waals surface area contributed by atoms with Crippen LogP contribution in [0.2, 0.25) is 10.0 Å². The molecule has 0 aliphatic rings. The number of nitrogens with zero attached hydrogens (tertiary/aromatic N) is 1. The van der Waals surface area contributed by atoms with Gasteiger partial charge in [-0.15, -0.1) is 0 Å². The van der Waals surface area contributed by atoms with Crippen molar-refractivity contribution in [2.24, 2.45) is 0 Å². The van der Waals surface area contributed by atoms with Gasteiger partial charge in [0.1, 0.15) is 5.82 Å². The van der Waals surface area contributed by atoms with E-state index in [2.05, 4.69) is 4.74 Å². The molecule has 1 aromatic heterocycles. The van der Waals surface area contributed by atoms with Crippen LogP contribution in [-0.4, -0.2) is 16.7 Å². The third-order valence-electron chi connectivity index (χ3n) is 4.77. The first-order chi connectivity index (χ1) is 14.6. The highest BCUT2D eigenvalue weighted by atomic mass is 35.5. The monoisotopic (exact) mass is 501 g/mol. The van der Waals surface area contributed by atoms with E-state index in [0.717, 1.165) is 23.8 Å². The van der Waals surface area contributed by atoms with Gasteiger partial charge in [-0.25, -0.2) is 4.39 Å². The summed E-state index contributed by atoms with van der Waals surface area (Å²) < 4.78 is 101. The predicted octanol–water partition coefficient (Wildman–Crippen LogP) is 7.44. The minimum absolute atomic E-state index is 0.189. The number of rotatable bonds is 3.